The average Bonchev–Trinajstić information content (AvgIpc) is 2.74. The number of amides is 3. The highest BCUT2D eigenvalue weighted by Gasteiger charge is 2.24. The van der Waals surface area contributed by atoms with Gasteiger partial charge in [-0.2, -0.15) is 0 Å². The lowest BCUT2D eigenvalue weighted by Gasteiger charge is -2.32. The third-order valence-corrected chi connectivity index (χ3v) is 4.61. The Labute approximate surface area is 158 Å². The summed E-state index contributed by atoms with van der Waals surface area (Å²) in [5, 5.41) is 0. The molecule has 27 heavy (non-hydrogen) atoms. The molecule has 1 aromatic heterocycles. The van der Waals surface area contributed by atoms with Crippen molar-refractivity contribution >= 4 is 23.9 Å². The predicted octanol–water partition coefficient (Wildman–Crippen LogP) is 1.66. The van der Waals surface area contributed by atoms with Crippen molar-refractivity contribution in [1.82, 2.24) is 14.8 Å². The molecule has 1 aliphatic heterocycles. The van der Waals surface area contributed by atoms with Gasteiger partial charge in [0.15, 0.2) is 0 Å². The standard InChI is InChI=1S/C20H22N4O3/c1-2-24(17-6-4-3-5-7-17)19(26)16-8-9-21-18(14-16)20(27)23-12-10-22(15-25)11-13-23/h3-9,14-15H,2,10-13H2,1H3. The fourth-order valence-corrected chi connectivity index (χ4v) is 3.08. The molecule has 1 aromatic carbocycles. The number of rotatable bonds is 5. The minimum absolute atomic E-state index is 0.175. The van der Waals surface area contributed by atoms with Crippen LogP contribution in [0.3, 0.4) is 0 Å². The van der Waals surface area contributed by atoms with Crippen LogP contribution in [0.1, 0.15) is 27.8 Å². The zero-order chi connectivity index (χ0) is 19.2. The van der Waals surface area contributed by atoms with E-state index in [1.807, 2.05) is 37.3 Å². The van der Waals surface area contributed by atoms with Crippen LogP contribution in [0.2, 0.25) is 0 Å². The summed E-state index contributed by atoms with van der Waals surface area (Å²) in [4.78, 5) is 45.6. The van der Waals surface area contributed by atoms with Gasteiger partial charge in [-0.15, -0.1) is 0 Å². The predicted molar refractivity (Wildman–Crippen MR) is 102 cm³/mol. The third kappa shape index (κ3) is 4.13. The monoisotopic (exact) mass is 366 g/mol. The van der Waals surface area contributed by atoms with Gasteiger partial charge in [-0.05, 0) is 31.2 Å². The fourth-order valence-electron chi connectivity index (χ4n) is 3.08. The maximum atomic E-state index is 12.9. The van der Waals surface area contributed by atoms with Crippen LogP contribution in [-0.4, -0.2) is 65.7 Å². The number of carbonyl (C=O) groups excluding carboxylic acids is 3. The van der Waals surface area contributed by atoms with Crippen LogP contribution in [0.25, 0.3) is 0 Å². The van der Waals surface area contributed by atoms with Gasteiger partial charge >= 0.3 is 0 Å². The molecule has 3 rings (SSSR count). The SMILES string of the molecule is CCN(C(=O)c1ccnc(C(=O)N2CCN(C=O)CC2)c1)c1ccccc1. The summed E-state index contributed by atoms with van der Waals surface area (Å²) in [5.41, 5.74) is 1.47. The number of para-hydroxylation sites is 1. The molecule has 1 aliphatic rings. The second kappa shape index (κ2) is 8.44. The third-order valence-electron chi connectivity index (χ3n) is 4.61. The van der Waals surface area contributed by atoms with Crippen molar-refractivity contribution in [3.05, 3.63) is 59.9 Å². The highest BCUT2D eigenvalue weighted by molar-refractivity contribution is 6.07. The Morgan fingerprint density at radius 2 is 1.81 bits per heavy atom. The minimum Gasteiger partial charge on any atom is -0.342 e. The van der Waals surface area contributed by atoms with Crippen LogP contribution in [0.5, 0.6) is 0 Å². The molecule has 2 heterocycles. The summed E-state index contributed by atoms with van der Waals surface area (Å²) in [6.07, 6.45) is 2.28. The number of hydrogen-bond acceptors (Lipinski definition) is 4. The summed E-state index contributed by atoms with van der Waals surface area (Å²) >= 11 is 0. The Balaban J connectivity index is 1.77. The number of anilines is 1. The Hall–Kier alpha value is -3.22. The van der Waals surface area contributed by atoms with Crippen LogP contribution in [0, 0.1) is 0 Å². The van der Waals surface area contributed by atoms with Crippen LogP contribution in [0.15, 0.2) is 48.7 Å². The van der Waals surface area contributed by atoms with Crippen molar-refractivity contribution in [1.29, 1.82) is 0 Å². The molecule has 0 atom stereocenters. The second-order valence-corrected chi connectivity index (χ2v) is 6.25. The lowest BCUT2D eigenvalue weighted by molar-refractivity contribution is -0.119. The van der Waals surface area contributed by atoms with Crippen molar-refractivity contribution in [2.75, 3.05) is 37.6 Å². The largest absolute Gasteiger partial charge is 0.342 e. The molecule has 2 aromatic rings. The molecule has 7 heteroatoms. The summed E-state index contributed by atoms with van der Waals surface area (Å²) in [7, 11) is 0. The molecule has 7 nitrogen and oxygen atoms in total. The van der Waals surface area contributed by atoms with E-state index in [-0.39, 0.29) is 17.5 Å². The van der Waals surface area contributed by atoms with Crippen molar-refractivity contribution in [2.24, 2.45) is 0 Å². The molecule has 140 valence electrons. The molecule has 3 amide bonds. The van der Waals surface area contributed by atoms with E-state index < -0.39 is 0 Å². The van der Waals surface area contributed by atoms with Gasteiger partial charge in [-0.1, -0.05) is 18.2 Å². The number of nitrogens with zero attached hydrogens (tertiary/aromatic N) is 4. The first-order valence-corrected chi connectivity index (χ1v) is 8.95. The van der Waals surface area contributed by atoms with E-state index in [2.05, 4.69) is 4.98 Å². The van der Waals surface area contributed by atoms with E-state index in [1.54, 1.807) is 26.8 Å². The lowest BCUT2D eigenvalue weighted by atomic mass is 10.1. The minimum atomic E-state index is -0.224. The highest BCUT2D eigenvalue weighted by atomic mass is 16.2. The average molecular weight is 366 g/mol. The van der Waals surface area contributed by atoms with Crippen molar-refractivity contribution in [3.8, 4) is 0 Å². The van der Waals surface area contributed by atoms with Crippen LogP contribution < -0.4 is 4.90 Å². The van der Waals surface area contributed by atoms with Gasteiger partial charge in [-0.25, -0.2) is 0 Å². The van der Waals surface area contributed by atoms with E-state index in [0.29, 0.717) is 38.3 Å². The van der Waals surface area contributed by atoms with Gasteiger partial charge in [0.1, 0.15) is 5.69 Å². The Kier molecular flexibility index (Phi) is 5.80. The molecule has 1 fully saturated rings. The van der Waals surface area contributed by atoms with Crippen molar-refractivity contribution in [2.45, 2.75) is 6.92 Å². The summed E-state index contributed by atoms with van der Waals surface area (Å²) in [6, 6.07) is 12.6. The zero-order valence-electron chi connectivity index (χ0n) is 15.2. The zero-order valence-corrected chi connectivity index (χ0v) is 15.2. The van der Waals surface area contributed by atoms with E-state index in [1.165, 1.54) is 6.20 Å². The van der Waals surface area contributed by atoms with Gasteiger partial charge in [-0.3, -0.25) is 19.4 Å². The Bertz CT molecular complexity index is 817. The Morgan fingerprint density at radius 1 is 1.11 bits per heavy atom. The number of pyridine rings is 1. The van der Waals surface area contributed by atoms with E-state index in [9.17, 15) is 14.4 Å². The number of benzene rings is 1. The first-order valence-electron chi connectivity index (χ1n) is 8.95. The second-order valence-electron chi connectivity index (χ2n) is 6.25. The molecule has 0 spiro atoms. The van der Waals surface area contributed by atoms with Gasteiger partial charge in [0.25, 0.3) is 11.8 Å². The quantitative estimate of drug-likeness (QED) is 0.755. The van der Waals surface area contributed by atoms with E-state index in [4.69, 9.17) is 0 Å². The van der Waals surface area contributed by atoms with Crippen LogP contribution >= 0.6 is 0 Å². The smallest absolute Gasteiger partial charge is 0.272 e. The number of carbonyl (C=O) groups is 3. The van der Waals surface area contributed by atoms with Crippen LogP contribution in [-0.2, 0) is 4.79 Å². The molecule has 0 N–H and O–H groups in total. The normalized spacial score (nSPS) is 14.0. The summed E-state index contributed by atoms with van der Waals surface area (Å²) in [6.45, 7) is 4.36. The topological polar surface area (TPSA) is 73.8 Å². The first kappa shape index (κ1) is 18.6. The summed E-state index contributed by atoms with van der Waals surface area (Å²) < 4.78 is 0. The van der Waals surface area contributed by atoms with Gasteiger partial charge < -0.3 is 14.7 Å². The van der Waals surface area contributed by atoms with E-state index in [0.717, 1.165) is 12.1 Å². The molecular formula is C20H22N4O3. The van der Waals surface area contributed by atoms with Crippen molar-refractivity contribution in [3.63, 3.8) is 0 Å². The first-order chi connectivity index (χ1) is 13.1. The fraction of sp³-hybridized carbons (Fsp3) is 0.300. The summed E-state index contributed by atoms with van der Waals surface area (Å²) in [5.74, 6) is -0.399. The number of hydrogen-bond donors (Lipinski definition) is 0. The lowest BCUT2D eigenvalue weighted by Crippen LogP contribution is -2.48. The van der Waals surface area contributed by atoms with Gasteiger partial charge in [0.2, 0.25) is 6.41 Å². The Morgan fingerprint density at radius 3 is 2.44 bits per heavy atom. The highest BCUT2D eigenvalue weighted by Crippen LogP contribution is 2.17. The maximum Gasteiger partial charge on any atom is 0.272 e. The molecule has 1 saturated heterocycles. The van der Waals surface area contributed by atoms with E-state index >= 15 is 0 Å². The number of piperazine rings is 1. The van der Waals surface area contributed by atoms with Crippen molar-refractivity contribution < 1.29 is 14.4 Å². The molecule has 0 unspecified atom stereocenters. The van der Waals surface area contributed by atoms with Gasteiger partial charge in [0.05, 0.1) is 0 Å². The maximum absolute atomic E-state index is 12.9. The molecule has 0 radical (unpaired) electrons. The molecule has 0 saturated carbocycles. The molecule has 0 bridgehead atoms. The van der Waals surface area contributed by atoms with Gasteiger partial charge in [0, 0.05) is 50.2 Å². The van der Waals surface area contributed by atoms with Crippen LogP contribution in [0.4, 0.5) is 5.69 Å². The molecular weight excluding hydrogens is 344 g/mol. The number of aromatic nitrogens is 1. The molecule has 0 aliphatic carbocycles.